The molecule has 96 valence electrons. The fraction of sp³-hybridized carbons (Fsp3) is 0.571. The summed E-state index contributed by atoms with van der Waals surface area (Å²) in [7, 11) is 0. The maximum atomic E-state index is 5.77. The van der Waals surface area contributed by atoms with Crippen LogP contribution in [0.5, 0.6) is 0 Å². The van der Waals surface area contributed by atoms with Crippen LogP contribution in [0.3, 0.4) is 0 Å². The van der Waals surface area contributed by atoms with Crippen LogP contribution in [-0.4, -0.2) is 24.9 Å². The first-order valence-corrected chi connectivity index (χ1v) is 6.05. The molecule has 17 heavy (non-hydrogen) atoms. The standard InChI is InChI=1S/C14H23NO2/c1-12(2)17-14(3,10-15)11-16-9-13-7-5-4-6-8-13/h4-8,12H,9-11,15H2,1-3H3. The van der Waals surface area contributed by atoms with Gasteiger partial charge < -0.3 is 15.2 Å². The van der Waals surface area contributed by atoms with E-state index in [9.17, 15) is 0 Å². The fourth-order valence-corrected chi connectivity index (χ4v) is 1.67. The summed E-state index contributed by atoms with van der Waals surface area (Å²) in [5.74, 6) is 0. The summed E-state index contributed by atoms with van der Waals surface area (Å²) >= 11 is 0. The minimum atomic E-state index is -0.400. The molecule has 1 aromatic carbocycles. The highest BCUT2D eigenvalue weighted by molar-refractivity contribution is 5.13. The Morgan fingerprint density at radius 3 is 2.41 bits per heavy atom. The number of nitrogens with two attached hydrogens (primary N) is 1. The molecular formula is C14H23NO2. The summed E-state index contributed by atoms with van der Waals surface area (Å²) in [5, 5.41) is 0. The lowest BCUT2D eigenvalue weighted by molar-refractivity contribution is -0.109. The summed E-state index contributed by atoms with van der Waals surface area (Å²) in [6, 6.07) is 10.1. The molecule has 1 unspecified atom stereocenters. The van der Waals surface area contributed by atoms with Gasteiger partial charge in [0, 0.05) is 6.54 Å². The average Bonchev–Trinajstić information content (AvgIpc) is 2.29. The van der Waals surface area contributed by atoms with Crippen molar-refractivity contribution in [2.45, 2.75) is 39.1 Å². The molecule has 0 aliphatic carbocycles. The molecule has 0 aliphatic rings. The van der Waals surface area contributed by atoms with Gasteiger partial charge in [-0.25, -0.2) is 0 Å². The van der Waals surface area contributed by atoms with Gasteiger partial charge in [-0.15, -0.1) is 0 Å². The average molecular weight is 237 g/mol. The van der Waals surface area contributed by atoms with Crippen LogP contribution in [0.25, 0.3) is 0 Å². The first kappa shape index (κ1) is 14.2. The largest absolute Gasteiger partial charge is 0.374 e. The lowest BCUT2D eigenvalue weighted by Gasteiger charge is -2.30. The van der Waals surface area contributed by atoms with Gasteiger partial charge in [-0.1, -0.05) is 30.3 Å². The highest BCUT2D eigenvalue weighted by Gasteiger charge is 2.24. The van der Waals surface area contributed by atoms with Gasteiger partial charge in [-0.05, 0) is 26.3 Å². The van der Waals surface area contributed by atoms with E-state index in [1.54, 1.807) is 0 Å². The lowest BCUT2D eigenvalue weighted by Crippen LogP contribution is -2.43. The zero-order valence-corrected chi connectivity index (χ0v) is 11.0. The molecule has 0 aromatic heterocycles. The van der Waals surface area contributed by atoms with E-state index in [1.165, 1.54) is 0 Å². The van der Waals surface area contributed by atoms with Crippen molar-refractivity contribution in [2.75, 3.05) is 13.2 Å². The van der Waals surface area contributed by atoms with E-state index in [1.807, 2.05) is 51.1 Å². The van der Waals surface area contributed by atoms with Crippen LogP contribution in [0.2, 0.25) is 0 Å². The normalized spacial score (nSPS) is 14.9. The number of hydrogen-bond acceptors (Lipinski definition) is 3. The van der Waals surface area contributed by atoms with Gasteiger partial charge in [-0.3, -0.25) is 0 Å². The second-order valence-corrected chi connectivity index (χ2v) is 4.80. The van der Waals surface area contributed by atoms with E-state index >= 15 is 0 Å². The Labute approximate surface area is 104 Å². The van der Waals surface area contributed by atoms with Crippen molar-refractivity contribution in [3.63, 3.8) is 0 Å². The van der Waals surface area contributed by atoms with Crippen LogP contribution < -0.4 is 5.73 Å². The summed E-state index contributed by atoms with van der Waals surface area (Å²) in [6.07, 6.45) is 0.156. The zero-order chi connectivity index (χ0) is 12.7. The summed E-state index contributed by atoms with van der Waals surface area (Å²) in [6.45, 7) is 7.56. The molecule has 0 bridgehead atoms. The van der Waals surface area contributed by atoms with Gasteiger partial charge in [0.2, 0.25) is 0 Å². The maximum Gasteiger partial charge on any atom is 0.101 e. The van der Waals surface area contributed by atoms with Crippen LogP contribution in [0, 0.1) is 0 Å². The first-order chi connectivity index (χ1) is 8.06. The monoisotopic (exact) mass is 237 g/mol. The summed E-state index contributed by atoms with van der Waals surface area (Å²) < 4.78 is 11.4. The highest BCUT2D eigenvalue weighted by Crippen LogP contribution is 2.13. The number of rotatable bonds is 7. The minimum absolute atomic E-state index is 0.156. The lowest BCUT2D eigenvalue weighted by atomic mass is 10.1. The maximum absolute atomic E-state index is 5.77. The molecule has 0 aliphatic heterocycles. The van der Waals surface area contributed by atoms with E-state index in [0.717, 1.165) is 5.56 Å². The van der Waals surface area contributed by atoms with Gasteiger partial charge in [0.05, 0.1) is 19.3 Å². The third-order valence-electron chi connectivity index (χ3n) is 2.47. The Balaban J connectivity index is 2.38. The predicted molar refractivity (Wildman–Crippen MR) is 69.8 cm³/mol. The van der Waals surface area contributed by atoms with Crippen molar-refractivity contribution >= 4 is 0 Å². The van der Waals surface area contributed by atoms with Crippen molar-refractivity contribution in [3.8, 4) is 0 Å². The minimum Gasteiger partial charge on any atom is -0.374 e. The Morgan fingerprint density at radius 1 is 1.24 bits per heavy atom. The second-order valence-electron chi connectivity index (χ2n) is 4.80. The molecule has 2 N–H and O–H groups in total. The van der Waals surface area contributed by atoms with Crippen LogP contribution in [0.1, 0.15) is 26.3 Å². The molecule has 3 nitrogen and oxygen atoms in total. The summed E-state index contributed by atoms with van der Waals surface area (Å²) in [4.78, 5) is 0. The highest BCUT2D eigenvalue weighted by atomic mass is 16.5. The van der Waals surface area contributed by atoms with E-state index in [2.05, 4.69) is 0 Å². The van der Waals surface area contributed by atoms with Crippen LogP contribution in [0.4, 0.5) is 0 Å². The molecular weight excluding hydrogens is 214 g/mol. The van der Waals surface area contributed by atoms with Gasteiger partial charge in [0.15, 0.2) is 0 Å². The van der Waals surface area contributed by atoms with Crippen LogP contribution >= 0.6 is 0 Å². The van der Waals surface area contributed by atoms with E-state index in [4.69, 9.17) is 15.2 Å². The van der Waals surface area contributed by atoms with Crippen molar-refractivity contribution in [3.05, 3.63) is 35.9 Å². The van der Waals surface area contributed by atoms with Crippen LogP contribution in [0.15, 0.2) is 30.3 Å². The second kappa shape index (κ2) is 6.74. The molecule has 1 atom stereocenters. The van der Waals surface area contributed by atoms with Gasteiger partial charge in [-0.2, -0.15) is 0 Å². The Kier molecular flexibility index (Phi) is 5.62. The quantitative estimate of drug-likeness (QED) is 0.791. The third kappa shape index (κ3) is 5.31. The van der Waals surface area contributed by atoms with E-state index in [0.29, 0.717) is 19.8 Å². The third-order valence-corrected chi connectivity index (χ3v) is 2.47. The predicted octanol–water partition coefficient (Wildman–Crippen LogP) is 2.35. The first-order valence-electron chi connectivity index (χ1n) is 6.05. The Hall–Kier alpha value is -0.900. The number of hydrogen-bond donors (Lipinski definition) is 1. The molecule has 0 saturated heterocycles. The molecule has 1 rings (SSSR count). The zero-order valence-electron chi connectivity index (χ0n) is 11.0. The number of ether oxygens (including phenoxy) is 2. The molecule has 0 fully saturated rings. The molecule has 0 heterocycles. The molecule has 1 aromatic rings. The van der Waals surface area contributed by atoms with Crippen molar-refractivity contribution in [1.29, 1.82) is 0 Å². The van der Waals surface area contributed by atoms with Gasteiger partial charge in [0.25, 0.3) is 0 Å². The van der Waals surface area contributed by atoms with E-state index < -0.39 is 5.60 Å². The molecule has 0 radical (unpaired) electrons. The van der Waals surface area contributed by atoms with Crippen molar-refractivity contribution in [1.82, 2.24) is 0 Å². The smallest absolute Gasteiger partial charge is 0.101 e. The fourth-order valence-electron chi connectivity index (χ4n) is 1.67. The molecule has 0 saturated carbocycles. The van der Waals surface area contributed by atoms with E-state index in [-0.39, 0.29) is 6.10 Å². The van der Waals surface area contributed by atoms with Gasteiger partial charge >= 0.3 is 0 Å². The Morgan fingerprint density at radius 2 is 1.88 bits per heavy atom. The summed E-state index contributed by atoms with van der Waals surface area (Å²) in [5.41, 5.74) is 6.49. The molecule has 3 heteroatoms. The SMILES string of the molecule is CC(C)OC(C)(CN)COCc1ccccc1. The van der Waals surface area contributed by atoms with Crippen molar-refractivity contribution < 1.29 is 9.47 Å². The number of benzene rings is 1. The molecule has 0 spiro atoms. The topological polar surface area (TPSA) is 44.5 Å². The van der Waals surface area contributed by atoms with Crippen LogP contribution in [-0.2, 0) is 16.1 Å². The Bertz CT molecular complexity index is 313. The van der Waals surface area contributed by atoms with Crippen molar-refractivity contribution in [2.24, 2.45) is 5.73 Å². The van der Waals surface area contributed by atoms with Gasteiger partial charge in [0.1, 0.15) is 5.60 Å². The molecule has 0 amide bonds.